The van der Waals surface area contributed by atoms with Crippen molar-refractivity contribution in [3.05, 3.63) is 30.3 Å². The van der Waals surface area contributed by atoms with Crippen molar-refractivity contribution in [2.75, 3.05) is 11.6 Å². The topological polar surface area (TPSA) is 40.6 Å². The molecular formula is C12H14N2O2. The van der Waals surface area contributed by atoms with E-state index in [9.17, 15) is 9.59 Å². The van der Waals surface area contributed by atoms with Crippen LogP contribution in [0, 0.1) is 0 Å². The van der Waals surface area contributed by atoms with Crippen molar-refractivity contribution in [3.63, 3.8) is 0 Å². The number of carbonyl (C=O) groups excluding carboxylic acids is 2. The molecule has 1 aliphatic rings. The fraction of sp³-hybridized carbons (Fsp3) is 0.333. The highest BCUT2D eigenvalue weighted by Gasteiger charge is 2.24. The molecule has 1 aromatic carbocycles. The minimum Gasteiger partial charge on any atom is -0.276 e. The lowest BCUT2D eigenvalue weighted by Gasteiger charge is -2.34. The predicted octanol–water partition coefficient (Wildman–Crippen LogP) is 1.58. The van der Waals surface area contributed by atoms with Gasteiger partial charge < -0.3 is 0 Å². The minimum atomic E-state index is 0.0159. The van der Waals surface area contributed by atoms with E-state index in [0.717, 1.165) is 18.5 Å². The van der Waals surface area contributed by atoms with E-state index < -0.39 is 0 Å². The Balaban J connectivity index is 2.22. The maximum atomic E-state index is 11.7. The predicted molar refractivity (Wildman–Crippen MR) is 60.5 cm³/mol. The average molecular weight is 218 g/mol. The Morgan fingerprint density at radius 1 is 1.19 bits per heavy atom. The van der Waals surface area contributed by atoms with E-state index in [0.29, 0.717) is 19.4 Å². The lowest BCUT2D eigenvalue weighted by atomic mass is 10.1. The van der Waals surface area contributed by atoms with Crippen molar-refractivity contribution >= 4 is 18.0 Å². The van der Waals surface area contributed by atoms with Crippen LogP contribution in [0.2, 0.25) is 0 Å². The van der Waals surface area contributed by atoms with Crippen molar-refractivity contribution < 1.29 is 9.59 Å². The summed E-state index contributed by atoms with van der Waals surface area (Å²) >= 11 is 0. The average Bonchev–Trinajstić information content (AvgIpc) is 2.34. The second-order valence-electron chi connectivity index (χ2n) is 3.76. The summed E-state index contributed by atoms with van der Waals surface area (Å²) in [5, 5.41) is 2.91. The molecule has 0 saturated carbocycles. The summed E-state index contributed by atoms with van der Waals surface area (Å²) < 4.78 is 0. The molecule has 0 N–H and O–H groups in total. The Morgan fingerprint density at radius 3 is 2.56 bits per heavy atom. The van der Waals surface area contributed by atoms with E-state index in [-0.39, 0.29) is 5.91 Å². The molecular weight excluding hydrogens is 204 g/mol. The summed E-state index contributed by atoms with van der Waals surface area (Å²) in [7, 11) is 0. The molecule has 1 saturated heterocycles. The van der Waals surface area contributed by atoms with Gasteiger partial charge in [-0.05, 0) is 25.0 Å². The number of rotatable bonds is 3. The van der Waals surface area contributed by atoms with E-state index in [1.807, 2.05) is 30.3 Å². The number of para-hydroxylation sites is 1. The molecule has 0 spiro atoms. The molecule has 0 radical (unpaired) electrons. The Morgan fingerprint density at radius 2 is 1.94 bits per heavy atom. The first-order chi connectivity index (χ1) is 7.83. The van der Waals surface area contributed by atoms with Crippen LogP contribution in [-0.2, 0) is 9.59 Å². The Kier molecular flexibility index (Phi) is 3.19. The molecule has 16 heavy (non-hydrogen) atoms. The largest absolute Gasteiger partial charge is 0.276 e. The SMILES string of the molecule is O=CN(c1ccccc1)N1CCCCC1=O. The summed E-state index contributed by atoms with van der Waals surface area (Å²) in [5.41, 5.74) is 0.729. The zero-order valence-electron chi connectivity index (χ0n) is 9.00. The number of piperidine rings is 1. The smallest absolute Gasteiger partial charge is 0.241 e. The molecule has 1 aromatic rings. The second kappa shape index (κ2) is 4.79. The number of benzene rings is 1. The molecule has 0 unspecified atom stereocenters. The first-order valence-corrected chi connectivity index (χ1v) is 5.43. The first-order valence-electron chi connectivity index (χ1n) is 5.43. The van der Waals surface area contributed by atoms with Gasteiger partial charge in [-0.2, -0.15) is 0 Å². The molecule has 1 fully saturated rings. The van der Waals surface area contributed by atoms with Crippen molar-refractivity contribution in [1.82, 2.24) is 5.01 Å². The van der Waals surface area contributed by atoms with E-state index in [4.69, 9.17) is 0 Å². The first kappa shape index (κ1) is 10.7. The van der Waals surface area contributed by atoms with Gasteiger partial charge in [0.15, 0.2) is 0 Å². The fourth-order valence-corrected chi connectivity index (χ4v) is 1.86. The van der Waals surface area contributed by atoms with Crippen LogP contribution in [0.1, 0.15) is 19.3 Å². The monoisotopic (exact) mass is 218 g/mol. The molecule has 84 valence electrons. The van der Waals surface area contributed by atoms with Crippen LogP contribution >= 0.6 is 0 Å². The molecule has 1 aliphatic heterocycles. The van der Waals surface area contributed by atoms with Gasteiger partial charge in [0.05, 0.1) is 5.69 Å². The summed E-state index contributed by atoms with van der Waals surface area (Å²) in [6.45, 7) is 0.618. The Bertz CT molecular complexity index is 378. The molecule has 0 aliphatic carbocycles. The highest BCUT2D eigenvalue weighted by atomic mass is 16.2. The molecule has 1 heterocycles. The standard InChI is InChI=1S/C12H14N2O2/c15-10-14(11-6-2-1-3-7-11)13-9-5-4-8-12(13)16/h1-3,6-7,10H,4-5,8-9H2. The summed E-state index contributed by atoms with van der Waals surface area (Å²) in [6.07, 6.45) is 3.08. The van der Waals surface area contributed by atoms with E-state index in [1.165, 1.54) is 10.0 Å². The van der Waals surface area contributed by atoms with Gasteiger partial charge in [0.25, 0.3) is 0 Å². The Hall–Kier alpha value is -1.84. The molecule has 4 heteroatoms. The molecule has 2 amide bonds. The number of hydrogen-bond acceptors (Lipinski definition) is 2. The van der Waals surface area contributed by atoms with Gasteiger partial charge in [0.1, 0.15) is 0 Å². The normalized spacial score (nSPS) is 16.0. The van der Waals surface area contributed by atoms with Crippen LogP contribution in [-0.4, -0.2) is 23.9 Å². The lowest BCUT2D eigenvalue weighted by molar-refractivity contribution is -0.136. The molecule has 4 nitrogen and oxygen atoms in total. The second-order valence-corrected chi connectivity index (χ2v) is 3.76. The van der Waals surface area contributed by atoms with Gasteiger partial charge in [0.2, 0.25) is 12.3 Å². The van der Waals surface area contributed by atoms with Gasteiger partial charge >= 0.3 is 0 Å². The highest BCUT2D eigenvalue weighted by molar-refractivity contribution is 5.85. The van der Waals surface area contributed by atoms with Gasteiger partial charge in [-0.3, -0.25) is 9.59 Å². The molecule has 0 bridgehead atoms. The molecule has 0 atom stereocenters. The van der Waals surface area contributed by atoms with Crippen LogP contribution in [0.3, 0.4) is 0 Å². The number of hydrazine groups is 1. The minimum absolute atomic E-state index is 0.0159. The van der Waals surface area contributed by atoms with Crippen LogP contribution in [0.25, 0.3) is 0 Å². The lowest BCUT2D eigenvalue weighted by Crippen LogP contribution is -2.48. The summed E-state index contributed by atoms with van der Waals surface area (Å²) in [5.74, 6) is 0.0159. The highest BCUT2D eigenvalue weighted by Crippen LogP contribution is 2.19. The van der Waals surface area contributed by atoms with Crippen LogP contribution in [0.4, 0.5) is 5.69 Å². The third kappa shape index (κ3) is 2.05. The van der Waals surface area contributed by atoms with E-state index in [2.05, 4.69) is 0 Å². The number of amides is 2. The number of carbonyl (C=O) groups is 2. The zero-order valence-corrected chi connectivity index (χ0v) is 9.00. The molecule has 2 rings (SSSR count). The van der Waals surface area contributed by atoms with Crippen molar-refractivity contribution in [2.45, 2.75) is 19.3 Å². The van der Waals surface area contributed by atoms with E-state index in [1.54, 1.807) is 0 Å². The summed E-state index contributed by atoms with van der Waals surface area (Å²) in [6, 6.07) is 9.21. The van der Waals surface area contributed by atoms with Crippen molar-refractivity contribution in [2.24, 2.45) is 0 Å². The van der Waals surface area contributed by atoms with Gasteiger partial charge in [0, 0.05) is 13.0 Å². The number of nitrogens with zero attached hydrogens (tertiary/aromatic N) is 2. The maximum Gasteiger partial charge on any atom is 0.241 e. The molecule has 0 aromatic heterocycles. The third-order valence-electron chi connectivity index (χ3n) is 2.68. The van der Waals surface area contributed by atoms with Crippen LogP contribution in [0.15, 0.2) is 30.3 Å². The Labute approximate surface area is 94.4 Å². The van der Waals surface area contributed by atoms with E-state index >= 15 is 0 Å². The fourth-order valence-electron chi connectivity index (χ4n) is 1.86. The quantitative estimate of drug-likeness (QED) is 0.723. The van der Waals surface area contributed by atoms with Gasteiger partial charge in [-0.15, -0.1) is 0 Å². The van der Waals surface area contributed by atoms with Crippen molar-refractivity contribution in [3.8, 4) is 0 Å². The zero-order chi connectivity index (χ0) is 11.4. The number of anilines is 1. The summed E-state index contributed by atoms with van der Waals surface area (Å²) in [4.78, 5) is 22.8. The number of hydrogen-bond donors (Lipinski definition) is 0. The van der Waals surface area contributed by atoms with Crippen LogP contribution < -0.4 is 5.01 Å². The van der Waals surface area contributed by atoms with Crippen molar-refractivity contribution in [1.29, 1.82) is 0 Å². The third-order valence-corrected chi connectivity index (χ3v) is 2.68. The van der Waals surface area contributed by atoms with Gasteiger partial charge in [-0.25, -0.2) is 10.0 Å². The van der Waals surface area contributed by atoms with Crippen LogP contribution in [0.5, 0.6) is 0 Å². The van der Waals surface area contributed by atoms with Gasteiger partial charge in [-0.1, -0.05) is 18.2 Å². The maximum absolute atomic E-state index is 11.7.